The molecule has 0 aliphatic heterocycles. The van der Waals surface area contributed by atoms with E-state index in [1.165, 1.54) is 7.05 Å². The number of aromatic amines is 1. The Bertz CT molecular complexity index is 363. The van der Waals surface area contributed by atoms with Crippen LogP contribution in [-0.2, 0) is 7.05 Å². The molecule has 0 radical (unpaired) electrons. The molecule has 0 unspecified atom stereocenters. The van der Waals surface area contributed by atoms with E-state index in [1.54, 1.807) is 0 Å². The Balaban J connectivity index is 2.84. The van der Waals surface area contributed by atoms with Crippen molar-refractivity contribution in [3.8, 4) is 0 Å². The summed E-state index contributed by atoms with van der Waals surface area (Å²) in [4.78, 5) is 24.5. The predicted octanol–water partition coefficient (Wildman–Crippen LogP) is -0.753. The second-order valence-electron chi connectivity index (χ2n) is 3.03. The summed E-state index contributed by atoms with van der Waals surface area (Å²) in [6.07, 6.45) is 0. The fraction of sp³-hybridized carbons (Fsp3) is 0.571. The lowest BCUT2D eigenvalue weighted by atomic mass is 10.4. The summed E-state index contributed by atoms with van der Waals surface area (Å²) in [7, 11) is 1.48. The Morgan fingerprint density at radius 2 is 2.23 bits per heavy atom. The molecular weight excluding hydrogens is 172 g/mol. The van der Waals surface area contributed by atoms with Crippen molar-refractivity contribution in [2.75, 3.05) is 0 Å². The lowest BCUT2D eigenvalue weighted by Gasteiger charge is -2.04. The summed E-state index contributed by atoms with van der Waals surface area (Å²) in [5.41, 5.74) is -0.395. The number of nitrogens with zero attached hydrogens (tertiary/aromatic N) is 2. The Morgan fingerprint density at radius 1 is 1.62 bits per heavy atom. The van der Waals surface area contributed by atoms with Gasteiger partial charge in [-0.25, -0.2) is 9.48 Å². The summed E-state index contributed by atoms with van der Waals surface area (Å²) >= 11 is 0. The molecule has 1 aromatic heterocycles. The molecule has 1 rings (SSSR count). The molecular formula is C7H12N4O2. The molecule has 1 aromatic rings. The Labute approximate surface area is 75.0 Å². The molecule has 1 amide bonds. The van der Waals surface area contributed by atoms with E-state index >= 15 is 0 Å². The fourth-order valence-corrected chi connectivity index (χ4v) is 0.835. The van der Waals surface area contributed by atoms with Gasteiger partial charge in [-0.3, -0.25) is 9.78 Å². The Hall–Kier alpha value is -1.59. The summed E-state index contributed by atoms with van der Waals surface area (Å²) in [6.45, 7) is 3.66. The van der Waals surface area contributed by atoms with Crippen LogP contribution in [0, 0.1) is 0 Å². The van der Waals surface area contributed by atoms with E-state index in [2.05, 4.69) is 15.4 Å². The molecule has 0 aromatic carbocycles. The average molecular weight is 184 g/mol. The summed E-state index contributed by atoms with van der Waals surface area (Å²) in [5, 5.41) is 6.31. The highest BCUT2D eigenvalue weighted by atomic mass is 16.2. The standard InChI is InChI=1S/C7H12N4O2/c1-4(2)8-6(12)5-9-7(13)11(3)10-5/h4H,1-3H3,(H,8,12)(H,9,10,13). The minimum Gasteiger partial charge on any atom is -0.347 e. The van der Waals surface area contributed by atoms with Gasteiger partial charge in [0, 0.05) is 13.1 Å². The fourth-order valence-electron chi connectivity index (χ4n) is 0.835. The van der Waals surface area contributed by atoms with Crippen LogP contribution >= 0.6 is 0 Å². The Morgan fingerprint density at radius 3 is 2.62 bits per heavy atom. The highest BCUT2D eigenvalue weighted by molar-refractivity contribution is 5.90. The van der Waals surface area contributed by atoms with Crippen molar-refractivity contribution in [2.24, 2.45) is 7.05 Å². The molecule has 72 valence electrons. The highest BCUT2D eigenvalue weighted by Gasteiger charge is 2.11. The highest BCUT2D eigenvalue weighted by Crippen LogP contribution is 1.86. The first-order chi connectivity index (χ1) is 6.00. The zero-order chi connectivity index (χ0) is 10.0. The minimum absolute atomic E-state index is 0.0259. The molecule has 0 saturated heterocycles. The maximum absolute atomic E-state index is 11.3. The lowest BCUT2D eigenvalue weighted by molar-refractivity contribution is 0.0932. The summed E-state index contributed by atoms with van der Waals surface area (Å²) < 4.78 is 1.08. The van der Waals surface area contributed by atoms with E-state index in [-0.39, 0.29) is 17.8 Å². The van der Waals surface area contributed by atoms with Crippen molar-refractivity contribution in [3.63, 3.8) is 0 Å². The number of rotatable bonds is 2. The van der Waals surface area contributed by atoms with Crippen molar-refractivity contribution in [1.29, 1.82) is 0 Å². The first-order valence-corrected chi connectivity index (χ1v) is 3.95. The molecule has 6 nitrogen and oxygen atoms in total. The second kappa shape index (κ2) is 3.42. The zero-order valence-corrected chi connectivity index (χ0v) is 7.79. The molecule has 6 heteroatoms. The minimum atomic E-state index is -0.395. The van der Waals surface area contributed by atoms with Crippen molar-refractivity contribution in [3.05, 3.63) is 16.3 Å². The molecule has 0 bridgehead atoms. The molecule has 0 aliphatic rings. The molecule has 2 N–H and O–H groups in total. The molecule has 0 spiro atoms. The first-order valence-electron chi connectivity index (χ1n) is 3.95. The predicted molar refractivity (Wildman–Crippen MR) is 46.4 cm³/mol. The average Bonchev–Trinajstić information content (AvgIpc) is 2.31. The molecule has 1 heterocycles. The van der Waals surface area contributed by atoms with Gasteiger partial charge in [0.05, 0.1) is 0 Å². The van der Waals surface area contributed by atoms with Crippen molar-refractivity contribution in [2.45, 2.75) is 19.9 Å². The third-order valence-electron chi connectivity index (χ3n) is 1.40. The van der Waals surface area contributed by atoms with E-state index in [1.807, 2.05) is 13.8 Å². The van der Waals surface area contributed by atoms with Crippen molar-refractivity contribution >= 4 is 5.91 Å². The smallest absolute Gasteiger partial charge is 0.343 e. The Kier molecular flexibility index (Phi) is 2.50. The molecule has 0 atom stereocenters. The monoisotopic (exact) mass is 184 g/mol. The van der Waals surface area contributed by atoms with Crippen LogP contribution in [0.15, 0.2) is 4.79 Å². The van der Waals surface area contributed by atoms with Gasteiger partial charge in [-0.15, -0.1) is 5.10 Å². The number of hydrogen-bond donors (Lipinski definition) is 2. The third kappa shape index (κ3) is 2.17. The zero-order valence-electron chi connectivity index (χ0n) is 7.79. The van der Waals surface area contributed by atoms with Crippen LogP contribution in [0.25, 0.3) is 0 Å². The van der Waals surface area contributed by atoms with Gasteiger partial charge in [0.15, 0.2) is 0 Å². The second-order valence-corrected chi connectivity index (χ2v) is 3.03. The number of aryl methyl sites for hydroxylation is 1. The topological polar surface area (TPSA) is 79.8 Å². The normalized spacial score (nSPS) is 10.5. The van der Waals surface area contributed by atoms with Gasteiger partial charge in [0.2, 0.25) is 5.82 Å². The first kappa shape index (κ1) is 9.50. The number of carbonyl (C=O) groups excluding carboxylic acids is 1. The third-order valence-corrected chi connectivity index (χ3v) is 1.40. The van der Waals surface area contributed by atoms with E-state index in [0.717, 1.165) is 4.68 Å². The van der Waals surface area contributed by atoms with Crippen LogP contribution in [0.3, 0.4) is 0 Å². The van der Waals surface area contributed by atoms with E-state index in [4.69, 9.17) is 0 Å². The van der Waals surface area contributed by atoms with Crippen LogP contribution in [-0.4, -0.2) is 26.7 Å². The van der Waals surface area contributed by atoms with Crippen LogP contribution < -0.4 is 11.0 Å². The van der Waals surface area contributed by atoms with Gasteiger partial charge in [-0.05, 0) is 13.8 Å². The maximum Gasteiger partial charge on any atom is 0.343 e. The molecule has 0 aliphatic carbocycles. The van der Waals surface area contributed by atoms with Gasteiger partial charge in [-0.1, -0.05) is 0 Å². The van der Waals surface area contributed by atoms with Gasteiger partial charge >= 0.3 is 5.69 Å². The molecule has 13 heavy (non-hydrogen) atoms. The van der Waals surface area contributed by atoms with E-state index in [9.17, 15) is 9.59 Å². The van der Waals surface area contributed by atoms with Crippen LogP contribution in [0.1, 0.15) is 24.5 Å². The number of hydrogen-bond acceptors (Lipinski definition) is 3. The SMILES string of the molecule is CC(C)NC(=O)c1nn(C)c(=O)[nH]1. The van der Waals surface area contributed by atoms with E-state index < -0.39 is 5.69 Å². The lowest BCUT2D eigenvalue weighted by Crippen LogP contribution is -2.31. The van der Waals surface area contributed by atoms with Crippen LogP contribution in [0.5, 0.6) is 0 Å². The quantitative estimate of drug-likeness (QED) is 0.634. The van der Waals surface area contributed by atoms with Crippen molar-refractivity contribution in [1.82, 2.24) is 20.1 Å². The van der Waals surface area contributed by atoms with Crippen LogP contribution in [0.2, 0.25) is 0 Å². The van der Waals surface area contributed by atoms with Gasteiger partial charge in [0.25, 0.3) is 5.91 Å². The summed E-state index contributed by atoms with van der Waals surface area (Å²) in [6, 6.07) is 0.0259. The van der Waals surface area contributed by atoms with Gasteiger partial charge in [0.1, 0.15) is 0 Å². The summed E-state index contributed by atoms with van der Waals surface area (Å²) in [5.74, 6) is -0.325. The number of amides is 1. The van der Waals surface area contributed by atoms with Gasteiger partial charge < -0.3 is 5.32 Å². The van der Waals surface area contributed by atoms with Gasteiger partial charge in [-0.2, -0.15) is 0 Å². The number of nitrogens with one attached hydrogen (secondary N) is 2. The molecule has 0 saturated carbocycles. The maximum atomic E-state index is 11.3. The number of carbonyl (C=O) groups is 1. The van der Waals surface area contributed by atoms with E-state index in [0.29, 0.717) is 0 Å². The van der Waals surface area contributed by atoms with Crippen LogP contribution in [0.4, 0.5) is 0 Å². The molecule has 0 fully saturated rings. The van der Waals surface area contributed by atoms with Crippen molar-refractivity contribution < 1.29 is 4.79 Å². The number of aromatic nitrogens is 3. The number of H-pyrrole nitrogens is 1. The largest absolute Gasteiger partial charge is 0.347 e.